The van der Waals surface area contributed by atoms with Crippen molar-refractivity contribution in [1.82, 2.24) is 10.2 Å². The Bertz CT molecular complexity index is 522. The molecule has 0 aromatic carbocycles. The molecular weight excluding hydrogens is 276 g/mol. The molecule has 1 saturated heterocycles. The first-order valence-electron chi connectivity index (χ1n) is 7.09. The van der Waals surface area contributed by atoms with Gasteiger partial charge in [-0.15, -0.1) is 10.2 Å². The zero-order valence-electron chi connectivity index (χ0n) is 12.0. The molecule has 0 unspecified atom stereocenters. The first-order valence-corrected chi connectivity index (χ1v) is 8.74. The average molecular weight is 298 g/mol. The molecule has 1 N–H and O–H groups in total. The van der Waals surface area contributed by atoms with Crippen molar-refractivity contribution in [3.63, 3.8) is 0 Å². The second-order valence-corrected chi connectivity index (χ2v) is 7.21. The number of piperidine rings is 1. The first-order chi connectivity index (χ1) is 9.50. The molecule has 1 aliphatic heterocycles. The molecule has 0 bridgehead atoms. The van der Waals surface area contributed by atoms with Crippen molar-refractivity contribution >= 4 is 21.7 Å². The first kappa shape index (κ1) is 15.0. The second-order valence-electron chi connectivity index (χ2n) is 5.37. The topological polar surface area (TPSA) is 75.2 Å². The highest BCUT2D eigenvalue weighted by Gasteiger charge is 2.17. The van der Waals surface area contributed by atoms with E-state index in [-0.39, 0.29) is 11.6 Å². The van der Waals surface area contributed by atoms with Crippen LogP contribution in [0.5, 0.6) is 0 Å². The van der Waals surface area contributed by atoms with E-state index in [1.165, 1.54) is 0 Å². The number of nitrogens with zero attached hydrogens (tertiary/aromatic N) is 3. The lowest BCUT2D eigenvalue weighted by molar-refractivity contribution is 0.436. The minimum absolute atomic E-state index is 0.0977. The molecule has 1 fully saturated rings. The molecule has 2 heterocycles. The fourth-order valence-electron chi connectivity index (χ4n) is 2.27. The van der Waals surface area contributed by atoms with Crippen molar-refractivity contribution in [2.45, 2.75) is 33.1 Å². The largest absolute Gasteiger partial charge is 0.355 e. The molecule has 0 saturated carbocycles. The van der Waals surface area contributed by atoms with Crippen molar-refractivity contribution in [3.05, 3.63) is 12.1 Å². The summed E-state index contributed by atoms with van der Waals surface area (Å²) in [5, 5.41) is 8.08. The Kier molecular flexibility index (Phi) is 4.80. The Balaban J connectivity index is 1.99. The lowest BCUT2D eigenvalue weighted by atomic mass is 9.99. The van der Waals surface area contributed by atoms with E-state index in [0.717, 1.165) is 37.7 Å². The summed E-state index contributed by atoms with van der Waals surface area (Å²) >= 11 is 0. The lowest BCUT2D eigenvalue weighted by Crippen LogP contribution is -2.33. The quantitative estimate of drug-likeness (QED) is 0.898. The van der Waals surface area contributed by atoms with Crippen LogP contribution >= 0.6 is 0 Å². The van der Waals surface area contributed by atoms with Gasteiger partial charge in [0.2, 0.25) is 10.0 Å². The van der Waals surface area contributed by atoms with Gasteiger partial charge >= 0.3 is 0 Å². The molecule has 0 radical (unpaired) electrons. The summed E-state index contributed by atoms with van der Waals surface area (Å²) in [7, 11) is -3.30. The molecule has 20 heavy (non-hydrogen) atoms. The van der Waals surface area contributed by atoms with Crippen LogP contribution in [0.1, 0.15) is 33.1 Å². The number of aromatic nitrogens is 2. The Hall–Kier alpha value is -1.37. The van der Waals surface area contributed by atoms with Gasteiger partial charge < -0.3 is 4.90 Å². The number of rotatable bonds is 5. The number of hydrogen-bond acceptors (Lipinski definition) is 5. The molecule has 6 nitrogen and oxygen atoms in total. The smallest absolute Gasteiger partial charge is 0.233 e. The minimum atomic E-state index is -3.30. The normalized spacial score (nSPS) is 17.2. The molecular formula is C13H22N4O2S. The van der Waals surface area contributed by atoms with Crippen LogP contribution in [0.2, 0.25) is 0 Å². The standard InChI is InChI=1S/C13H22N4O2S/c1-3-10-20(18,19)16-12-4-5-13(15-14-12)17-8-6-11(2)7-9-17/h4-5,11H,3,6-10H2,1-2H3,(H,14,16). The van der Waals surface area contributed by atoms with Gasteiger partial charge in [-0.05, 0) is 37.3 Å². The highest BCUT2D eigenvalue weighted by molar-refractivity contribution is 7.92. The van der Waals surface area contributed by atoms with Crippen molar-refractivity contribution in [2.24, 2.45) is 5.92 Å². The summed E-state index contributed by atoms with van der Waals surface area (Å²) in [6, 6.07) is 3.50. The highest BCUT2D eigenvalue weighted by Crippen LogP contribution is 2.21. The monoisotopic (exact) mass is 298 g/mol. The molecule has 0 aliphatic carbocycles. The van der Waals surface area contributed by atoms with E-state index in [9.17, 15) is 8.42 Å². The van der Waals surface area contributed by atoms with Crippen molar-refractivity contribution in [2.75, 3.05) is 28.5 Å². The van der Waals surface area contributed by atoms with Gasteiger partial charge in [-0.2, -0.15) is 0 Å². The Morgan fingerprint density at radius 1 is 1.30 bits per heavy atom. The van der Waals surface area contributed by atoms with Gasteiger partial charge in [-0.25, -0.2) is 8.42 Å². The van der Waals surface area contributed by atoms with Crippen LogP contribution in [0.15, 0.2) is 12.1 Å². The Morgan fingerprint density at radius 2 is 2.00 bits per heavy atom. The fraction of sp³-hybridized carbons (Fsp3) is 0.692. The summed E-state index contributed by atoms with van der Waals surface area (Å²) in [4.78, 5) is 2.19. The third-order valence-electron chi connectivity index (χ3n) is 3.49. The van der Waals surface area contributed by atoms with Crippen LogP contribution in [0.3, 0.4) is 0 Å². The Morgan fingerprint density at radius 3 is 2.55 bits per heavy atom. The number of hydrogen-bond donors (Lipinski definition) is 1. The molecule has 2 rings (SSSR count). The van der Waals surface area contributed by atoms with Crippen molar-refractivity contribution < 1.29 is 8.42 Å². The molecule has 7 heteroatoms. The molecule has 112 valence electrons. The predicted octanol–water partition coefficient (Wildman–Crippen LogP) is 1.86. The molecule has 1 aromatic heterocycles. The van der Waals surface area contributed by atoms with Gasteiger partial charge in [0.25, 0.3) is 0 Å². The maximum Gasteiger partial charge on any atom is 0.233 e. The molecule has 1 aliphatic rings. The second kappa shape index (κ2) is 6.39. The number of anilines is 2. The van der Waals surface area contributed by atoms with Gasteiger partial charge in [0.1, 0.15) is 0 Å². The SMILES string of the molecule is CCCS(=O)(=O)Nc1ccc(N2CCC(C)CC2)nn1. The molecule has 0 amide bonds. The van der Waals surface area contributed by atoms with Gasteiger partial charge in [0, 0.05) is 13.1 Å². The van der Waals surface area contributed by atoms with Gasteiger partial charge in [0.15, 0.2) is 11.6 Å². The third-order valence-corrected chi connectivity index (χ3v) is 4.96. The summed E-state index contributed by atoms with van der Waals surface area (Å²) in [6.45, 7) is 6.05. The van der Waals surface area contributed by atoms with Crippen LogP contribution in [-0.2, 0) is 10.0 Å². The van der Waals surface area contributed by atoms with Crippen LogP contribution in [0.4, 0.5) is 11.6 Å². The maximum atomic E-state index is 11.6. The summed E-state index contributed by atoms with van der Waals surface area (Å²) in [6.07, 6.45) is 2.89. The highest BCUT2D eigenvalue weighted by atomic mass is 32.2. The van der Waals surface area contributed by atoms with Gasteiger partial charge in [0.05, 0.1) is 5.75 Å². The van der Waals surface area contributed by atoms with Crippen molar-refractivity contribution in [3.8, 4) is 0 Å². The molecule has 0 atom stereocenters. The fourth-order valence-corrected chi connectivity index (χ4v) is 3.33. The van der Waals surface area contributed by atoms with E-state index >= 15 is 0 Å². The van der Waals surface area contributed by atoms with E-state index in [0.29, 0.717) is 6.42 Å². The maximum absolute atomic E-state index is 11.6. The van der Waals surface area contributed by atoms with E-state index in [2.05, 4.69) is 26.7 Å². The van der Waals surface area contributed by atoms with Crippen LogP contribution in [0, 0.1) is 5.92 Å². The van der Waals surface area contributed by atoms with Crippen LogP contribution in [-0.4, -0.2) is 37.5 Å². The summed E-state index contributed by atoms with van der Waals surface area (Å²) < 4.78 is 25.7. The van der Waals surface area contributed by atoms with E-state index in [1.807, 2.05) is 13.0 Å². The van der Waals surface area contributed by atoms with Crippen LogP contribution < -0.4 is 9.62 Å². The van der Waals surface area contributed by atoms with E-state index in [4.69, 9.17) is 0 Å². The zero-order valence-corrected chi connectivity index (χ0v) is 12.9. The van der Waals surface area contributed by atoms with E-state index < -0.39 is 10.0 Å². The summed E-state index contributed by atoms with van der Waals surface area (Å²) in [5.41, 5.74) is 0. The number of sulfonamides is 1. The number of nitrogens with one attached hydrogen (secondary N) is 1. The van der Waals surface area contributed by atoms with Gasteiger partial charge in [-0.1, -0.05) is 13.8 Å². The summed E-state index contributed by atoms with van der Waals surface area (Å²) in [5.74, 6) is 1.96. The average Bonchev–Trinajstić information content (AvgIpc) is 2.40. The van der Waals surface area contributed by atoms with E-state index in [1.54, 1.807) is 6.07 Å². The minimum Gasteiger partial charge on any atom is -0.355 e. The molecule has 0 spiro atoms. The Labute approximate surface area is 120 Å². The lowest BCUT2D eigenvalue weighted by Gasteiger charge is -2.30. The van der Waals surface area contributed by atoms with Crippen molar-refractivity contribution in [1.29, 1.82) is 0 Å². The molecule has 1 aromatic rings. The van der Waals surface area contributed by atoms with Gasteiger partial charge in [-0.3, -0.25) is 4.72 Å². The third kappa shape index (κ3) is 4.06. The van der Waals surface area contributed by atoms with Crippen LogP contribution in [0.25, 0.3) is 0 Å². The zero-order chi connectivity index (χ0) is 14.6. The predicted molar refractivity (Wildman–Crippen MR) is 80.3 cm³/mol.